The fraction of sp³-hybridized carbons (Fsp3) is 0.185. The number of methoxy groups -OCH3 is 2. The molecule has 2 aromatic carbocycles. The van der Waals surface area contributed by atoms with Gasteiger partial charge < -0.3 is 28.5 Å². The molecular weight excluding hydrogens is 484 g/mol. The Kier molecular flexibility index (Phi) is 5.97. The number of Topliss-reactive ketones (excluding diaryl/α,β-unsaturated/α-hetero) is 1. The lowest BCUT2D eigenvalue weighted by Crippen LogP contribution is -2.29. The number of ether oxygens (including phenoxy) is 2. The average Bonchev–Trinajstić information content (AvgIpc) is 3.58. The van der Waals surface area contributed by atoms with Crippen LogP contribution in [0.2, 0.25) is 5.02 Å². The highest BCUT2D eigenvalue weighted by atomic mass is 35.5. The number of hydrogen-bond donors (Lipinski definition) is 1. The highest BCUT2D eigenvalue weighted by Crippen LogP contribution is 2.45. The Balaban J connectivity index is 1.78. The van der Waals surface area contributed by atoms with E-state index in [2.05, 4.69) is 0 Å². The van der Waals surface area contributed by atoms with Gasteiger partial charge in [0.25, 0.3) is 11.7 Å². The minimum Gasteiger partial charge on any atom is -0.507 e. The fourth-order valence-electron chi connectivity index (χ4n) is 4.72. The summed E-state index contributed by atoms with van der Waals surface area (Å²) < 4.78 is 18.1. The first-order chi connectivity index (χ1) is 17.3. The zero-order chi connectivity index (χ0) is 25.6. The normalized spacial score (nSPS) is 17.2. The topological polar surface area (TPSA) is 94.1 Å². The Morgan fingerprint density at radius 3 is 2.53 bits per heavy atom. The van der Waals surface area contributed by atoms with Gasteiger partial charge in [-0.1, -0.05) is 29.8 Å². The first-order valence-corrected chi connectivity index (χ1v) is 11.5. The van der Waals surface area contributed by atoms with Crippen LogP contribution in [0.3, 0.4) is 0 Å². The van der Waals surface area contributed by atoms with Crippen LogP contribution in [0.25, 0.3) is 16.7 Å². The number of benzene rings is 2. The minimum atomic E-state index is -0.882. The van der Waals surface area contributed by atoms with Gasteiger partial charge in [-0.25, -0.2) is 0 Å². The van der Waals surface area contributed by atoms with E-state index in [-0.39, 0.29) is 40.0 Å². The number of aromatic nitrogens is 1. The van der Waals surface area contributed by atoms with E-state index in [1.54, 1.807) is 12.1 Å². The molecule has 1 fully saturated rings. The van der Waals surface area contributed by atoms with E-state index in [0.717, 1.165) is 10.9 Å². The number of rotatable bonds is 6. The molecule has 36 heavy (non-hydrogen) atoms. The van der Waals surface area contributed by atoms with Gasteiger partial charge in [0.2, 0.25) is 0 Å². The van der Waals surface area contributed by atoms with Crippen molar-refractivity contribution >= 4 is 40.0 Å². The highest BCUT2D eigenvalue weighted by Gasteiger charge is 2.47. The van der Waals surface area contributed by atoms with Gasteiger partial charge in [0.05, 0.1) is 49.2 Å². The molecular formula is C27H23ClN2O6. The van der Waals surface area contributed by atoms with Gasteiger partial charge in [-0.05, 0) is 24.3 Å². The van der Waals surface area contributed by atoms with Crippen LogP contribution in [0.5, 0.6) is 11.5 Å². The second kappa shape index (κ2) is 9.13. The molecule has 1 aliphatic heterocycles. The molecule has 1 amide bonds. The van der Waals surface area contributed by atoms with E-state index in [4.69, 9.17) is 25.5 Å². The minimum absolute atomic E-state index is 0.0450. The molecule has 0 radical (unpaired) electrons. The average molecular weight is 507 g/mol. The lowest BCUT2D eigenvalue weighted by Gasteiger charge is -2.24. The van der Waals surface area contributed by atoms with Crippen LogP contribution in [0.4, 0.5) is 0 Å². The molecule has 1 N–H and O–H groups in total. The van der Waals surface area contributed by atoms with E-state index >= 15 is 0 Å². The summed E-state index contributed by atoms with van der Waals surface area (Å²) in [5.74, 6) is -0.926. The third-order valence-corrected chi connectivity index (χ3v) is 6.69. The van der Waals surface area contributed by atoms with Crippen molar-refractivity contribution in [3.05, 3.63) is 88.5 Å². The van der Waals surface area contributed by atoms with Crippen molar-refractivity contribution in [2.24, 2.45) is 7.05 Å². The second-order valence-corrected chi connectivity index (χ2v) is 8.81. The summed E-state index contributed by atoms with van der Waals surface area (Å²) in [7, 11) is 4.75. The van der Waals surface area contributed by atoms with Gasteiger partial charge in [0.1, 0.15) is 23.0 Å². The quantitative estimate of drug-likeness (QED) is 0.223. The van der Waals surface area contributed by atoms with Crippen LogP contribution >= 0.6 is 11.6 Å². The number of ketones is 1. The summed E-state index contributed by atoms with van der Waals surface area (Å²) in [5, 5.41) is 12.7. The zero-order valence-corrected chi connectivity index (χ0v) is 20.6. The van der Waals surface area contributed by atoms with Crippen LogP contribution in [0.1, 0.15) is 22.9 Å². The van der Waals surface area contributed by atoms with E-state index in [1.165, 1.54) is 37.5 Å². The van der Waals surface area contributed by atoms with E-state index in [1.807, 2.05) is 42.1 Å². The molecule has 0 spiro atoms. The predicted molar refractivity (Wildman–Crippen MR) is 134 cm³/mol. The summed E-state index contributed by atoms with van der Waals surface area (Å²) in [4.78, 5) is 28.2. The molecule has 8 nitrogen and oxygen atoms in total. The number of nitrogens with zero attached hydrogens (tertiary/aromatic N) is 2. The van der Waals surface area contributed by atoms with Gasteiger partial charge in [-0.2, -0.15) is 0 Å². The van der Waals surface area contributed by atoms with E-state index in [0.29, 0.717) is 11.3 Å². The smallest absolute Gasteiger partial charge is 0.296 e. The van der Waals surface area contributed by atoms with Crippen molar-refractivity contribution in [3.8, 4) is 11.5 Å². The molecule has 0 bridgehead atoms. The van der Waals surface area contributed by atoms with Gasteiger partial charge in [-0.15, -0.1) is 0 Å². The van der Waals surface area contributed by atoms with Crippen molar-refractivity contribution in [1.29, 1.82) is 0 Å². The molecule has 1 unspecified atom stereocenters. The first-order valence-electron chi connectivity index (χ1n) is 11.1. The van der Waals surface area contributed by atoms with Crippen LogP contribution in [0.15, 0.2) is 71.0 Å². The number of amides is 1. The Bertz CT molecular complexity index is 1520. The first kappa shape index (κ1) is 23.6. The molecule has 1 saturated heterocycles. The highest BCUT2D eigenvalue weighted by molar-refractivity contribution is 6.46. The maximum Gasteiger partial charge on any atom is 0.296 e. The Hall–Kier alpha value is -4.17. The molecule has 184 valence electrons. The second-order valence-electron chi connectivity index (χ2n) is 8.41. The largest absolute Gasteiger partial charge is 0.507 e. The Labute approximate surface area is 211 Å². The molecule has 4 aromatic rings. The summed E-state index contributed by atoms with van der Waals surface area (Å²) in [6, 6.07) is 13.2. The number of carbonyl (C=O) groups is 2. The van der Waals surface area contributed by atoms with Crippen LogP contribution in [-0.4, -0.2) is 40.5 Å². The molecule has 0 aliphatic carbocycles. The van der Waals surface area contributed by atoms with E-state index in [9.17, 15) is 14.7 Å². The van der Waals surface area contributed by atoms with Crippen molar-refractivity contribution in [1.82, 2.24) is 9.47 Å². The number of fused-ring (bicyclic) bond motifs is 1. The predicted octanol–water partition coefficient (Wildman–Crippen LogP) is 5.06. The number of aryl methyl sites for hydroxylation is 1. The molecule has 2 aromatic heterocycles. The number of halogens is 1. The lowest BCUT2D eigenvalue weighted by molar-refractivity contribution is -0.140. The number of carbonyl (C=O) groups excluding carboxylic acids is 2. The van der Waals surface area contributed by atoms with Gasteiger partial charge >= 0.3 is 0 Å². The maximum absolute atomic E-state index is 13.5. The fourth-order valence-corrected chi connectivity index (χ4v) is 4.95. The summed E-state index contributed by atoms with van der Waals surface area (Å²) in [5.41, 5.74) is 1.73. The number of aliphatic hydroxyl groups excluding tert-OH is 1. The summed E-state index contributed by atoms with van der Waals surface area (Å²) in [6.45, 7) is 0.0450. The Morgan fingerprint density at radius 1 is 1.08 bits per heavy atom. The van der Waals surface area contributed by atoms with E-state index < -0.39 is 17.7 Å². The van der Waals surface area contributed by atoms with Crippen LogP contribution < -0.4 is 9.47 Å². The zero-order valence-electron chi connectivity index (χ0n) is 19.8. The third-order valence-electron chi connectivity index (χ3n) is 6.40. The number of furan rings is 1. The molecule has 1 atom stereocenters. The number of para-hydroxylation sites is 1. The van der Waals surface area contributed by atoms with Gasteiger partial charge in [-0.3, -0.25) is 9.59 Å². The van der Waals surface area contributed by atoms with Crippen molar-refractivity contribution < 1.29 is 28.6 Å². The number of hydrogen-bond acceptors (Lipinski definition) is 6. The summed E-state index contributed by atoms with van der Waals surface area (Å²) >= 11 is 6.25. The molecule has 5 rings (SSSR count). The number of aliphatic hydroxyl groups is 1. The molecule has 9 heteroatoms. The SMILES string of the molecule is COc1cc(/C(O)=C2\C(=O)C(=O)N(Cc3ccco3)C2c2cn(C)c3ccccc23)c(OC)cc1Cl. The van der Waals surface area contributed by atoms with Crippen molar-refractivity contribution in [2.75, 3.05) is 14.2 Å². The third kappa shape index (κ3) is 3.70. The van der Waals surface area contributed by atoms with Crippen molar-refractivity contribution in [2.45, 2.75) is 12.6 Å². The molecule has 1 aliphatic rings. The monoisotopic (exact) mass is 506 g/mol. The summed E-state index contributed by atoms with van der Waals surface area (Å²) in [6.07, 6.45) is 3.37. The number of likely N-dealkylation sites (tertiary alicyclic amines) is 1. The van der Waals surface area contributed by atoms with Crippen LogP contribution in [0, 0.1) is 0 Å². The van der Waals surface area contributed by atoms with Gasteiger partial charge in [0.15, 0.2) is 0 Å². The van der Waals surface area contributed by atoms with Crippen LogP contribution in [-0.2, 0) is 23.2 Å². The maximum atomic E-state index is 13.5. The Morgan fingerprint density at radius 2 is 1.83 bits per heavy atom. The molecule has 3 heterocycles. The standard InChI is InChI=1S/C27H23ClN2O6/c1-29-14-18(16-8-4-5-9-20(16)29)24-23(26(32)27(33)30(24)13-15-7-6-10-36-15)25(31)17-11-22(35-3)19(28)12-21(17)34-2/h4-12,14,24,31H,13H2,1-3H3/b25-23+. The lowest BCUT2D eigenvalue weighted by atomic mass is 9.94. The molecule has 0 saturated carbocycles. The van der Waals surface area contributed by atoms with Crippen molar-refractivity contribution in [3.63, 3.8) is 0 Å². The van der Waals surface area contributed by atoms with Gasteiger partial charge in [0, 0.05) is 35.8 Å².